The molecule has 0 saturated heterocycles. The highest BCUT2D eigenvalue weighted by Gasteiger charge is 2.23. The number of aliphatic hydroxyl groups excluding tert-OH is 1. The first-order chi connectivity index (χ1) is 19.9. The molecule has 1 aromatic heterocycles. The van der Waals surface area contributed by atoms with Crippen LogP contribution in [0.5, 0.6) is 5.75 Å². The Morgan fingerprint density at radius 2 is 1.63 bits per heavy atom. The summed E-state index contributed by atoms with van der Waals surface area (Å²) in [6.45, 7) is 1.16. The Kier molecular flexibility index (Phi) is 10.6. The maximum atomic E-state index is 13.4. The third-order valence-corrected chi connectivity index (χ3v) is 6.74. The Hall–Kier alpha value is -4.53. The van der Waals surface area contributed by atoms with E-state index in [1.807, 2.05) is 72.8 Å². The molecule has 4 rings (SSSR count). The predicted molar refractivity (Wildman–Crippen MR) is 159 cm³/mol. The normalized spacial score (nSPS) is 12.3. The number of aliphatic hydroxyl groups is 1. The average Bonchev–Trinajstić information content (AvgIpc) is 3.01. The van der Waals surface area contributed by atoms with Crippen molar-refractivity contribution < 1.29 is 19.4 Å². The van der Waals surface area contributed by atoms with E-state index < -0.39 is 12.1 Å². The molecule has 41 heavy (non-hydrogen) atoms. The molecular formula is C33H36N4O4. The summed E-state index contributed by atoms with van der Waals surface area (Å²) in [6.07, 6.45) is 1.27. The smallest absolute Gasteiger partial charge is 0.253 e. The molecule has 0 aliphatic heterocycles. The van der Waals surface area contributed by atoms with Gasteiger partial charge in [-0.15, -0.1) is 0 Å². The molecule has 4 aromatic rings. The maximum absolute atomic E-state index is 13.4. The van der Waals surface area contributed by atoms with E-state index >= 15 is 0 Å². The van der Waals surface area contributed by atoms with Crippen LogP contribution in [-0.4, -0.2) is 59.7 Å². The Balaban J connectivity index is 1.42. The minimum atomic E-state index is -0.862. The van der Waals surface area contributed by atoms with Crippen molar-refractivity contribution in [2.45, 2.75) is 31.7 Å². The number of nitrogens with zero attached hydrogens (tertiary/aromatic N) is 2. The second-order valence-corrected chi connectivity index (χ2v) is 9.88. The molecular weight excluding hydrogens is 516 g/mol. The first kappa shape index (κ1) is 29.5. The zero-order valence-corrected chi connectivity index (χ0v) is 23.4. The highest BCUT2D eigenvalue weighted by atomic mass is 16.5. The highest BCUT2D eigenvalue weighted by molar-refractivity contribution is 5.99. The van der Waals surface area contributed by atoms with Crippen LogP contribution >= 0.6 is 0 Å². The van der Waals surface area contributed by atoms with E-state index in [1.54, 1.807) is 49.5 Å². The summed E-state index contributed by atoms with van der Waals surface area (Å²) in [7, 11) is 3.33. The molecule has 3 N–H and O–H groups in total. The molecule has 8 heteroatoms. The summed E-state index contributed by atoms with van der Waals surface area (Å²) < 4.78 is 5.28. The Morgan fingerprint density at radius 1 is 0.902 bits per heavy atom. The number of carbonyl (C=O) groups is 2. The number of amides is 2. The van der Waals surface area contributed by atoms with E-state index in [0.29, 0.717) is 30.6 Å². The summed E-state index contributed by atoms with van der Waals surface area (Å²) in [4.78, 5) is 32.3. The van der Waals surface area contributed by atoms with Crippen molar-refractivity contribution in [1.82, 2.24) is 20.5 Å². The van der Waals surface area contributed by atoms with Crippen molar-refractivity contribution in [2.24, 2.45) is 0 Å². The van der Waals surface area contributed by atoms with Crippen LogP contribution in [0.15, 0.2) is 103 Å². The van der Waals surface area contributed by atoms with E-state index in [9.17, 15) is 14.7 Å². The number of rotatable bonds is 13. The number of carbonyl (C=O) groups excluding carboxylic acids is 2. The summed E-state index contributed by atoms with van der Waals surface area (Å²) in [6, 6.07) is 29.0. The molecule has 0 bridgehead atoms. The third-order valence-electron chi connectivity index (χ3n) is 6.74. The molecule has 8 nitrogen and oxygen atoms in total. The molecule has 0 radical (unpaired) electrons. The molecule has 0 aliphatic carbocycles. The zero-order valence-electron chi connectivity index (χ0n) is 23.4. The third kappa shape index (κ3) is 8.73. The van der Waals surface area contributed by atoms with Crippen LogP contribution < -0.4 is 15.4 Å². The molecule has 0 saturated carbocycles. The average molecular weight is 553 g/mol. The molecule has 0 spiro atoms. The van der Waals surface area contributed by atoms with Gasteiger partial charge in [-0.1, -0.05) is 54.6 Å². The molecule has 3 aromatic carbocycles. The topological polar surface area (TPSA) is 104 Å². The van der Waals surface area contributed by atoms with Crippen molar-refractivity contribution in [3.63, 3.8) is 0 Å². The van der Waals surface area contributed by atoms with E-state index in [1.165, 1.54) is 0 Å². The van der Waals surface area contributed by atoms with Gasteiger partial charge in [-0.3, -0.25) is 14.6 Å². The van der Waals surface area contributed by atoms with Crippen molar-refractivity contribution in [2.75, 3.05) is 20.7 Å². The van der Waals surface area contributed by atoms with Gasteiger partial charge in [0.2, 0.25) is 0 Å². The van der Waals surface area contributed by atoms with Crippen molar-refractivity contribution in [3.05, 3.63) is 131 Å². The lowest BCUT2D eigenvalue weighted by Crippen LogP contribution is -2.48. The van der Waals surface area contributed by atoms with Crippen LogP contribution in [0.4, 0.5) is 0 Å². The number of ether oxygens (including phenoxy) is 1. The van der Waals surface area contributed by atoms with Crippen molar-refractivity contribution in [3.8, 4) is 5.75 Å². The lowest BCUT2D eigenvalue weighted by Gasteiger charge is -2.25. The Bertz CT molecular complexity index is 1420. The molecule has 0 fully saturated rings. The largest absolute Gasteiger partial charge is 0.497 e. The summed E-state index contributed by atoms with van der Waals surface area (Å²) in [5, 5.41) is 17.4. The van der Waals surface area contributed by atoms with Gasteiger partial charge in [-0.2, -0.15) is 0 Å². The molecule has 212 valence electrons. The van der Waals surface area contributed by atoms with Gasteiger partial charge < -0.3 is 25.4 Å². The fourth-order valence-corrected chi connectivity index (χ4v) is 4.51. The van der Waals surface area contributed by atoms with Gasteiger partial charge in [0.05, 0.1) is 31.5 Å². The van der Waals surface area contributed by atoms with Crippen LogP contribution in [0.25, 0.3) is 0 Å². The predicted octanol–water partition coefficient (Wildman–Crippen LogP) is 3.85. The monoisotopic (exact) mass is 552 g/mol. The fraction of sp³-hybridized carbons (Fsp3) is 0.242. The van der Waals surface area contributed by atoms with Crippen LogP contribution in [0.1, 0.15) is 37.5 Å². The molecule has 1 heterocycles. The van der Waals surface area contributed by atoms with Gasteiger partial charge in [0.1, 0.15) is 5.75 Å². The van der Waals surface area contributed by atoms with Crippen LogP contribution in [0.2, 0.25) is 0 Å². The highest BCUT2D eigenvalue weighted by Crippen LogP contribution is 2.14. The zero-order chi connectivity index (χ0) is 29.0. The number of pyridine rings is 1. The number of aromatic nitrogens is 1. The number of hydrogen-bond acceptors (Lipinski definition) is 6. The minimum Gasteiger partial charge on any atom is -0.497 e. The van der Waals surface area contributed by atoms with Gasteiger partial charge in [0, 0.05) is 37.5 Å². The summed E-state index contributed by atoms with van der Waals surface area (Å²) in [5.74, 6) is 0.190. The van der Waals surface area contributed by atoms with Gasteiger partial charge in [0.25, 0.3) is 11.8 Å². The molecule has 2 atom stereocenters. The van der Waals surface area contributed by atoms with Crippen LogP contribution in [0, 0.1) is 0 Å². The SMILES string of the molecule is COc1cccc(CNC[C@@H](O)[C@H](Cc2ccccc2)NC(=O)c2cccc(C(=O)N(C)Cc3ccccn3)c2)c1. The second kappa shape index (κ2) is 14.7. The molecule has 0 aliphatic rings. The Labute approximate surface area is 241 Å². The Morgan fingerprint density at radius 3 is 2.39 bits per heavy atom. The summed E-state index contributed by atoms with van der Waals surface area (Å²) >= 11 is 0. The van der Waals surface area contributed by atoms with Crippen molar-refractivity contribution in [1.29, 1.82) is 0 Å². The quantitative estimate of drug-likeness (QED) is 0.233. The van der Waals surface area contributed by atoms with E-state index in [-0.39, 0.29) is 18.4 Å². The fourth-order valence-electron chi connectivity index (χ4n) is 4.51. The van der Waals surface area contributed by atoms with Crippen LogP contribution in [0.3, 0.4) is 0 Å². The van der Waals surface area contributed by atoms with Gasteiger partial charge >= 0.3 is 0 Å². The number of methoxy groups -OCH3 is 1. The summed E-state index contributed by atoms with van der Waals surface area (Å²) in [5.41, 5.74) is 3.53. The first-order valence-corrected chi connectivity index (χ1v) is 13.5. The van der Waals surface area contributed by atoms with Gasteiger partial charge in [-0.25, -0.2) is 0 Å². The van der Waals surface area contributed by atoms with Crippen molar-refractivity contribution >= 4 is 11.8 Å². The van der Waals surface area contributed by atoms with E-state index in [2.05, 4.69) is 15.6 Å². The minimum absolute atomic E-state index is 0.215. The number of hydrogen-bond donors (Lipinski definition) is 3. The standard InChI is InChI=1S/C33H36N4O4/c1-37(23-28-15-6-7-17-35-28)33(40)27-14-9-13-26(20-27)32(39)36-30(19-24-10-4-3-5-11-24)31(38)22-34-21-25-12-8-16-29(18-25)41-2/h3-18,20,30-31,34,38H,19,21-23H2,1-2H3,(H,36,39)/t30-,31+/m0/s1. The van der Waals surface area contributed by atoms with Gasteiger partial charge in [0.15, 0.2) is 0 Å². The molecule has 0 unspecified atom stereocenters. The van der Waals surface area contributed by atoms with Crippen LogP contribution in [-0.2, 0) is 19.5 Å². The van der Waals surface area contributed by atoms with E-state index in [0.717, 1.165) is 22.6 Å². The number of benzene rings is 3. The lowest BCUT2D eigenvalue weighted by atomic mass is 10.00. The van der Waals surface area contributed by atoms with E-state index in [4.69, 9.17) is 4.74 Å². The van der Waals surface area contributed by atoms with Gasteiger partial charge in [-0.05, 0) is 60.0 Å². The first-order valence-electron chi connectivity index (χ1n) is 13.5. The lowest BCUT2D eigenvalue weighted by molar-refractivity contribution is 0.0783. The maximum Gasteiger partial charge on any atom is 0.253 e. The second-order valence-electron chi connectivity index (χ2n) is 9.88. The molecule has 2 amide bonds. The number of nitrogens with one attached hydrogen (secondary N) is 2.